The van der Waals surface area contributed by atoms with E-state index in [-0.39, 0.29) is 5.69 Å². The van der Waals surface area contributed by atoms with Crippen molar-refractivity contribution in [2.24, 2.45) is 0 Å². The van der Waals surface area contributed by atoms with Gasteiger partial charge in [-0.15, -0.1) is 0 Å². The Morgan fingerprint density at radius 2 is 1.20 bits per heavy atom. The molecule has 242 valence electrons. The molecular weight excluding hydrogens is 640 g/mol. The van der Waals surface area contributed by atoms with Crippen LogP contribution < -0.4 is 4.90 Å². The molecule has 51 heavy (non-hydrogen) atoms. The summed E-state index contributed by atoms with van der Waals surface area (Å²) < 4.78 is 45.9. The number of para-hydroxylation sites is 2. The van der Waals surface area contributed by atoms with Crippen molar-refractivity contribution in [2.75, 3.05) is 4.90 Å². The first-order chi connectivity index (χ1) is 25.1. The lowest BCUT2D eigenvalue weighted by Crippen LogP contribution is -2.13. The molecule has 6 heteroatoms. The van der Waals surface area contributed by atoms with Crippen LogP contribution in [0.2, 0.25) is 0 Å². The second kappa shape index (κ2) is 11.2. The second-order valence-electron chi connectivity index (χ2n) is 12.8. The highest BCUT2D eigenvalue weighted by Crippen LogP contribution is 2.45. The maximum absolute atomic E-state index is 15.2. The quantitative estimate of drug-likeness (QED) is 0.135. The number of anilines is 3. The molecule has 0 N–H and O–H groups in total. The zero-order valence-corrected chi connectivity index (χ0v) is 27.0. The van der Waals surface area contributed by atoms with E-state index in [1.807, 2.05) is 60.8 Å². The Morgan fingerprint density at radius 1 is 0.510 bits per heavy atom. The van der Waals surface area contributed by atoms with Gasteiger partial charge in [-0.25, -0.2) is 13.2 Å². The number of halogens is 3. The van der Waals surface area contributed by atoms with Crippen LogP contribution in [0.15, 0.2) is 158 Å². The van der Waals surface area contributed by atoms with Gasteiger partial charge in [0.05, 0.1) is 22.2 Å². The lowest BCUT2D eigenvalue weighted by molar-refractivity contribution is 0.448. The molecule has 0 saturated heterocycles. The van der Waals surface area contributed by atoms with Crippen LogP contribution in [-0.2, 0) is 0 Å². The number of hydrogen-bond acceptors (Lipinski definition) is 2. The van der Waals surface area contributed by atoms with E-state index in [1.54, 1.807) is 17.0 Å². The average molecular weight is 666 g/mol. The zero-order chi connectivity index (χ0) is 34.2. The van der Waals surface area contributed by atoms with E-state index >= 15 is 4.39 Å². The van der Waals surface area contributed by atoms with Crippen molar-refractivity contribution in [1.29, 1.82) is 0 Å². The number of benzene rings is 8. The molecule has 0 fully saturated rings. The molecule has 10 aromatic rings. The second-order valence-corrected chi connectivity index (χ2v) is 12.8. The van der Waals surface area contributed by atoms with Gasteiger partial charge in [-0.2, -0.15) is 0 Å². The first kappa shape index (κ1) is 29.3. The van der Waals surface area contributed by atoms with Crippen LogP contribution in [0.1, 0.15) is 0 Å². The molecular formula is C45H26F3N3. The molecule has 0 amide bonds. The monoisotopic (exact) mass is 665 g/mol. The van der Waals surface area contributed by atoms with Gasteiger partial charge in [-0.05, 0) is 110 Å². The van der Waals surface area contributed by atoms with Gasteiger partial charge in [0.2, 0.25) is 0 Å². The summed E-state index contributed by atoms with van der Waals surface area (Å²) >= 11 is 0. The van der Waals surface area contributed by atoms with E-state index in [0.717, 1.165) is 66.4 Å². The molecule has 0 radical (unpaired) electrons. The minimum absolute atomic E-state index is 0.0787. The highest BCUT2D eigenvalue weighted by atomic mass is 19.2. The van der Waals surface area contributed by atoms with Gasteiger partial charge in [0.15, 0.2) is 17.5 Å². The summed E-state index contributed by atoms with van der Waals surface area (Å²) in [6, 6.07) is 49.0. The smallest absolute Gasteiger partial charge is 0.196 e. The fourth-order valence-corrected chi connectivity index (χ4v) is 7.78. The third-order valence-corrected chi connectivity index (χ3v) is 9.99. The SMILES string of the molecule is Fc1ccc(N(c2ccccc2)c2ccc(-c3ccc4ccc5c6c(ccc3c46)cc3c5c4ncccc4n3-c3ccccc3)cc2)c(F)c1F. The summed E-state index contributed by atoms with van der Waals surface area (Å²) in [5.74, 6) is -3.98. The maximum atomic E-state index is 15.2. The van der Waals surface area contributed by atoms with Crippen molar-refractivity contribution in [3.8, 4) is 16.8 Å². The zero-order valence-electron chi connectivity index (χ0n) is 27.0. The van der Waals surface area contributed by atoms with Gasteiger partial charge >= 0.3 is 0 Å². The Hall–Kier alpha value is -6.66. The predicted molar refractivity (Wildman–Crippen MR) is 202 cm³/mol. The van der Waals surface area contributed by atoms with E-state index in [0.29, 0.717) is 11.4 Å². The maximum Gasteiger partial charge on any atom is 0.196 e. The highest BCUT2D eigenvalue weighted by molar-refractivity contribution is 6.33. The number of aromatic nitrogens is 2. The molecule has 0 atom stereocenters. The molecule has 8 aromatic carbocycles. The van der Waals surface area contributed by atoms with Crippen molar-refractivity contribution in [3.63, 3.8) is 0 Å². The van der Waals surface area contributed by atoms with Gasteiger partial charge in [-0.1, -0.05) is 84.9 Å². The molecule has 0 aliphatic heterocycles. The van der Waals surface area contributed by atoms with Gasteiger partial charge in [0.1, 0.15) is 0 Å². The standard InChI is InChI=1S/C45H26F3N3/c46-36-23-24-37(44(48)43(36)47)50(30-8-3-1-4-9-30)32-18-13-27(14-19-32)33-20-15-28-16-22-35-41-29(17-21-34(33)40(28)41)26-39-42(35)45-38(12-7-25-49-45)51(39)31-10-5-2-6-11-31/h1-26H. The number of nitrogens with zero attached hydrogens (tertiary/aromatic N) is 3. The normalized spacial score (nSPS) is 11.8. The van der Waals surface area contributed by atoms with E-state index in [4.69, 9.17) is 4.98 Å². The Bertz CT molecular complexity index is 2940. The number of hydrogen-bond donors (Lipinski definition) is 0. The summed E-state index contributed by atoms with van der Waals surface area (Å²) in [6.07, 6.45) is 1.86. The van der Waals surface area contributed by atoms with E-state index in [9.17, 15) is 8.78 Å². The van der Waals surface area contributed by atoms with Crippen molar-refractivity contribution in [3.05, 3.63) is 175 Å². The first-order valence-corrected chi connectivity index (χ1v) is 16.7. The largest absolute Gasteiger partial charge is 0.308 e. The number of fused-ring (bicyclic) bond motifs is 4. The number of pyridine rings is 1. The first-order valence-electron chi connectivity index (χ1n) is 16.7. The summed E-state index contributed by atoms with van der Waals surface area (Å²) in [5.41, 5.74) is 7.39. The topological polar surface area (TPSA) is 21.1 Å². The van der Waals surface area contributed by atoms with Crippen LogP contribution in [0.3, 0.4) is 0 Å². The van der Waals surface area contributed by atoms with Crippen LogP contribution in [0.25, 0.3) is 71.1 Å². The predicted octanol–water partition coefficient (Wildman–Crippen LogP) is 12.6. The van der Waals surface area contributed by atoms with Gasteiger partial charge in [0, 0.05) is 28.6 Å². The van der Waals surface area contributed by atoms with Gasteiger partial charge in [0.25, 0.3) is 0 Å². The lowest BCUT2D eigenvalue weighted by Gasteiger charge is -2.26. The fourth-order valence-electron chi connectivity index (χ4n) is 7.78. The van der Waals surface area contributed by atoms with Gasteiger partial charge in [-0.3, -0.25) is 4.98 Å². The Balaban J connectivity index is 1.16. The third kappa shape index (κ3) is 4.36. The number of rotatable bonds is 5. The summed E-state index contributed by atoms with van der Waals surface area (Å²) in [6.45, 7) is 0. The Labute approximate surface area is 290 Å². The van der Waals surface area contributed by atoms with Crippen molar-refractivity contribution < 1.29 is 13.2 Å². The molecule has 3 nitrogen and oxygen atoms in total. The third-order valence-electron chi connectivity index (χ3n) is 9.99. The van der Waals surface area contributed by atoms with Crippen LogP contribution in [-0.4, -0.2) is 9.55 Å². The molecule has 10 rings (SSSR count). The fraction of sp³-hybridized carbons (Fsp3) is 0. The molecule has 0 spiro atoms. The minimum atomic E-state index is -1.50. The molecule has 0 bridgehead atoms. The molecule has 0 saturated carbocycles. The molecule has 2 heterocycles. The Morgan fingerprint density at radius 3 is 2.00 bits per heavy atom. The average Bonchev–Trinajstić information content (AvgIpc) is 3.52. The van der Waals surface area contributed by atoms with E-state index in [2.05, 4.69) is 77.4 Å². The molecule has 0 aliphatic carbocycles. The van der Waals surface area contributed by atoms with Crippen molar-refractivity contribution in [2.45, 2.75) is 0 Å². The summed E-state index contributed by atoms with van der Waals surface area (Å²) in [4.78, 5) is 6.49. The molecule has 0 aliphatic rings. The molecule has 0 unspecified atom stereocenters. The summed E-state index contributed by atoms with van der Waals surface area (Å²) in [7, 11) is 0. The van der Waals surface area contributed by atoms with Crippen LogP contribution in [0, 0.1) is 17.5 Å². The minimum Gasteiger partial charge on any atom is -0.308 e. The highest BCUT2D eigenvalue weighted by Gasteiger charge is 2.23. The van der Waals surface area contributed by atoms with Crippen LogP contribution in [0.4, 0.5) is 30.2 Å². The van der Waals surface area contributed by atoms with E-state index < -0.39 is 17.5 Å². The Kier molecular flexibility index (Phi) is 6.42. The van der Waals surface area contributed by atoms with E-state index in [1.165, 1.54) is 16.8 Å². The van der Waals surface area contributed by atoms with Crippen molar-refractivity contribution >= 4 is 71.3 Å². The van der Waals surface area contributed by atoms with Gasteiger partial charge < -0.3 is 9.47 Å². The summed E-state index contributed by atoms with van der Waals surface area (Å²) in [5, 5.41) is 8.05. The lowest BCUT2D eigenvalue weighted by atomic mass is 9.88. The van der Waals surface area contributed by atoms with Crippen molar-refractivity contribution in [1.82, 2.24) is 9.55 Å². The molecule has 2 aromatic heterocycles. The van der Waals surface area contributed by atoms with Crippen LogP contribution in [0.5, 0.6) is 0 Å². The van der Waals surface area contributed by atoms with Crippen LogP contribution >= 0.6 is 0 Å².